The molecule has 8 heterocycles. The number of hydrogen-bond donors (Lipinski definition) is 15. The fraction of sp³-hybridized carbons (Fsp3) is 0.527. The van der Waals surface area contributed by atoms with E-state index in [9.17, 15) is 63.6 Å². The number of carboxylic acids is 1. The van der Waals surface area contributed by atoms with Gasteiger partial charge in [-0.25, -0.2) is 25.0 Å². The van der Waals surface area contributed by atoms with Gasteiger partial charge in [0.1, 0.15) is 30.3 Å². The summed E-state index contributed by atoms with van der Waals surface area (Å²) < 4.78 is 11.9. The van der Waals surface area contributed by atoms with Gasteiger partial charge in [-0.3, -0.25) is 63.6 Å². The Labute approximate surface area is 795 Å². The molecule has 5 aliphatic heterocycles. The number of guanidine groups is 1. The summed E-state index contributed by atoms with van der Waals surface area (Å²) in [5, 5.41) is 60.0. The lowest BCUT2D eigenvalue weighted by atomic mass is 9.47. The number of aromatic nitrogens is 5. The molecular formula is C91H118N18O26S2. The highest BCUT2D eigenvalue weighted by Crippen LogP contribution is 2.68. The number of aromatic amines is 2. The van der Waals surface area contributed by atoms with Crippen LogP contribution in [0.25, 0.3) is 22.1 Å². The number of hydrazine groups is 1. The van der Waals surface area contributed by atoms with Gasteiger partial charge in [-0.1, -0.05) is 97.3 Å². The molecule has 18 N–H and O–H groups in total. The maximum absolute atomic E-state index is 15.1. The summed E-state index contributed by atoms with van der Waals surface area (Å²) in [6, 6.07) is 16.1. The number of carbonyl (C=O) groups is 9. The third kappa shape index (κ3) is 28.4. The number of rotatable bonds is 35. The highest BCUT2D eigenvalue weighted by molar-refractivity contribution is 8.76. The number of aryl methyl sites for hydroxylation is 1. The maximum atomic E-state index is 15.1. The van der Waals surface area contributed by atoms with Crippen LogP contribution < -0.4 is 64.5 Å². The van der Waals surface area contributed by atoms with Gasteiger partial charge < -0.3 is 78.3 Å². The number of amides is 5. The van der Waals surface area contributed by atoms with Crippen LogP contribution in [-0.4, -0.2) is 264 Å². The van der Waals surface area contributed by atoms with Crippen molar-refractivity contribution in [3.8, 4) is 5.75 Å². The zero-order valence-corrected chi connectivity index (χ0v) is 79.3. The Morgan fingerprint density at radius 1 is 0.759 bits per heavy atom. The van der Waals surface area contributed by atoms with Crippen LogP contribution in [0.5, 0.6) is 5.75 Å². The topological polar surface area (TPSA) is 683 Å². The van der Waals surface area contributed by atoms with Gasteiger partial charge in [0.15, 0.2) is 34.3 Å². The van der Waals surface area contributed by atoms with Crippen LogP contribution >= 0.6 is 21.6 Å². The molecule has 3 aromatic heterocycles. The van der Waals surface area contributed by atoms with Crippen LogP contribution in [0, 0.1) is 30.1 Å². The molecule has 137 heavy (non-hydrogen) atoms. The minimum atomic E-state index is -2.51. The number of hydrogen-bond acceptors (Lipinski definition) is 36. The minimum Gasteiger partial charge on any atom is -0.496 e. The molecule has 3 unspecified atom stereocenters. The molecule has 1 spiro atoms. The Morgan fingerprint density at radius 2 is 1.41 bits per heavy atom. The molecule has 12 rings (SSSR count). The van der Waals surface area contributed by atoms with Gasteiger partial charge in [0.2, 0.25) is 23.7 Å². The molecule has 1 saturated carbocycles. The van der Waals surface area contributed by atoms with Crippen molar-refractivity contribution in [2.45, 2.75) is 210 Å². The number of para-hydroxylation sites is 1. The SMILES string of the molecule is CCC1(O)CC2CN(CCc3c([nH]c4ccccc34)[C@@](C)(c3cc4c(cc3OC)N(C)[C@H]3[C@](O)(C(=O)NNC(=O)OCCSSCCCC(=O)[C@H](C)NC(=O)[C@H](C)CC(=O)[C@H](CCCN=C(N)N)NC(=O)[C@H](C)CC(=O)CC[C@H](NC(C)=O)C(=O)O)[C@H](O)[C@]5(CC)C=CCN6CC[C@]43[C@@H]65)C2)C1.Cc1ccc(NCc2cnc3nc(N)[nH]c(=O)c3n2)cc1.O=C=O.O=C=O.O=C=O.O=C=O.O=C=O. The number of nitrogens with zero attached hydrogens (tertiary/aromatic N) is 7. The number of carbonyl (C=O) groups excluding carboxylic acids is 18. The normalized spacial score (nSPS) is 22.4. The Kier molecular flexibility index (Phi) is 43.2. The van der Waals surface area contributed by atoms with Crippen molar-refractivity contribution in [2.24, 2.45) is 39.6 Å². The summed E-state index contributed by atoms with van der Waals surface area (Å²) in [5.74, 6) is -5.45. The van der Waals surface area contributed by atoms with Crippen molar-refractivity contribution in [3.05, 3.63) is 123 Å². The van der Waals surface area contributed by atoms with Crippen molar-refractivity contribution >= 4 is 151 Å². The molecule has 3 aromatic carbocycles. The molecule has 740 valence electrons. The molecule has 1 aliphatic carbocycles. The average Bonchev–Trinajstić information content (AvgIpc) is 1.48. The summed E-state index contributed by atoms with van der Waals surface area (Å²) in [6.07, 6.45) is 7.97. The van der Waals surface area contributed by atoms with E-state index in [-0.39, 0.29) is 135 Å². The van der Waals surface area contributed by atoms with E-state index < -0.39 is 117 Å². The number of Topliss-reactive ketones (excluding diaryl/α,β-unsaturated/α-hetero) is 3. The van der Waals surface area contributed by atoms with E-state index in [0.29, 0.717) is 87.7 Å². The second-order valence-electron chi connectivity index (χ2n) is 34.2. The van der Waals surface area contributed by atoms with Gasteiger partial charge in [0, 0.05) is 158 Å². The number of aliphatic imine (C=N–C) groups is 1. The van der Waals surface area contributed by atoms with E-state index >= 15 is 4.79 Å². The molecule has 2 saturated heterocycles. The number of aliphatic hydroxyl groups is 3. The second kappa shape index (κ2) is 52.7. The van der Waals surface area contributed by atoms with Crippen LogP contribution in [-0.2, 0) is 115 Å². The number of benzene rings is 3. The zero-order chi connectivity index (χ0) is 102. The largest absolute Gasteiger partial charge is 0.496 e. The summed E-state index contributed by atoms with van der Waals surface area (Å²) >= 11 is 0. The molecule has 0 radical (unpaired) electrons. The number of nitrogens with one attached hydrogen (secondary N) is 8. The van der Waals surface area contributed by atoms with Gasteiger partial charge in [-0.15, -0.1) is 0 Å². The maximum Gasteiger partial charge on any atom is 0.426 e. The lowest BCUT2D eigenvalue weighted by Crippen LogP contribution is -2.82. The van der Waals surface area contributed by atoms with Crippen molar-refractivity contribution in [3.63, 3.8) is 0 Å². The van der Waals surface area contributed by atoms with Gasteiger partial charge in [-0.05, 0) is 133 Å². The number of nitrogens with two attached hydrogens (primary N) is 3. The number of aliphatic hydroxyl groups excluding tert-OH is 1. The molecule has 15 atom stereocenters. The van der Waals surface area contributed by atoms with Crippen molar-refractivity contribution in [2.75, 3.05) is 87.5 Å². The number of fused-ring (bicyclic) bond motifs is 7. The minimum absolute atomic E-state index is 0.0346. The highest BCUT2D eigenvalue weighted by atomic mass is 33.1. The number of piperidine rings is 1. The summed E-state index contributed by atoms with van der Waals surface area (Å²) in [7, 11) is 6.36. The molecular weight excluding hydrogens is 1830 g/mol. The van der Waals surface area contributed by atoms with Crippen LogP contribution in [0.3, 0.4) is 0 Å². The fourth-order valence-corrected chi connectivity index (χ4v) is 21.2. The van der Waals surface area contributed by atoms with E-state index in [1.807, 2.05) is 74.3 Å². The summed E-state index contributed by atoms with van der Waals surface area (Å²) in [4.78, 5) is 240. The number of aliphatic carboxylic acids is 1. The number of H-pyrrole nitrogens is 2. The fourth-order valence-electron chi connectivity index (χ4n) is 19.3. The lowest BCUT2D eigenvalue weighted by Gasteiger charge is -2.63. The van der Waals surface area contributed by atoms with E-state index in [1.165, 1.54) is 46.6 Å². The Morgan fingerprint density at radius 3 is 2.04 bits per heavy atom. The summed E-state index contributed by atoms with van der Waals surface area (Å²) in [6.45, 7) is 18.1. The van der Waals surface area contributed by atoms with Gasteiger partial charge >= 0.3 is 42.8 Å². The smallest absolute Gasteiger partial charge is 0.426 e. The predicted molar refractivity (Wildman–Crippen MR) is 492 cm³/mol. The first kappa shape index (κ1) is 112. The van der Waals surface area contributed by atoms with E-state index in [4.69, 9.17) is 74.6 Å². The Hall–Kier alpha value is -13.3. The number of nitrogen functional groups attached to an aromatic ring is 1. The van der Waals surface area contributed by atoms with Crippen molar-refractivity contribution in [1.29, 1.82) is 0 Å². The zero-order valence-electron chi connectivity index (χ0n) is 77.6. The Balaban J connectivity index is 0.000000670. The first-order valence-corrected chi connectivity index (χ1v) is 46.4. The standard InChI is InChI=1S/C72H104N12O15S2.C14H14N6O.5CO2/c1-10-69(96)38-45-37-68(7,58-48(23-28-83(39-45)40-69)47-17-12-13-18-51(47)78-58)50-35-49-54(36-57(50)98-9)82(8)63-71(49)25-29-84-27-16-24-70(11-2,62(71)84)64(93)72(63,97)65(94)80-81-67(95)99-30-32-101-100-31-15-20-55(87)43(5)76-59(89)42(4)34-56(88)52(19-14-26-75-66(73)74)79-60(90)41(3)33-46(86)21-22-53(61(91)92)77-44(6)85;1-8-2-4-9(5-3-8)16-6-10-7-17-12-11(18-10)13(21)20-14(15)19-12;5*2-1-3/h12-13,16-18,24,35-36,41-43,45,52-53,62-64,78,93,96-97H,10-11,14-15,19-23,25-34,37-40H2,1-9H3,(H,76,89)(H,77,85)(H,79,90)(H,80,94)(H,81,95)(H,91,92)(H4,73,74,75);2-5,7,16H,6H2,1H3,(H3,15,17,19,20,21);;;;;/t41-,42-,43+,45?,52+,53+,62+,63-,64-,68-,69?,70-,71-,72-;;;;;;/m1....../s1. The number of carboxylic acid groups (broad SMARTS) is 1. The van der Waals surface area contributed by atoms with E-state index in [1.54, 1.807) is 20.2 Å². The first-order valence-electron chi connectivity index (χ1n) is 43.9. The summed E-state index contributed by atoms with van der Waals surface area (Å²) in [5.41, 5.74) is 24.0. The van der Waals surface area contributed by atoms with Gasteiger partial charge in [-0.2, -0.15) is 52.9 Å². The van der Waals surface area contributed by atoms with Crippen molar-refractivity contribution in [1.82, 2.24) is 61.5 Å². The van der Waals surface area contributed by atoms with Gasteiger partial charge in [0.05, 0.1) is 49.3 Å². The van der Waals surface area contributed by atoms with Crippen LogP contribution in [0.4, 0.5) is 22.1 Å². The molecule has 6 aliphatic rings. The second-order valence-corrected chi connectivity index (χ2v) is 36.9. The monoisotopic (exact) mass is 1940 g/mol. The number of likely N-dealkylation sites (N-methyl/N-ethyl adjacent to an activating group) is 1. The van der Waals surface area contributed by atoms with Crippen LogP contribution in [0.15, 0.2) is 88.8 Å². The first-order chi connectivity index (χ1) is 65.1. The third-order valence-corrected chi connectivity index (χ3v) is 27.7. The molecule has 6 aromatic rings. The molecule has 2 bridgehead atoms. The average molecular weight is 1940 g/mol. The lowest BCUT2D eigenvalue weighted by molar-refractivity contribution is -0.204. The molecule has 5 amide bonds. The van der Waals surface area contributed by atoms with E-state index in [0.717, 1.165) is 65.5 Å². The molecule has 3 fully saturated rings. The Bertz CT molecular complexity index is 5480. The van der Waals surface area contributed by atoms with Gasteiger partial charge in [0.25, 0.3) is 11.5 Å². The number of methoxy groups -OCH3 is 1. The van der Waals surface area contributed by atoms with Crippen LogP contribution in [0.1, 0.15) is 166 Å². The highest BCUT2D eigenvalue weighted by Gasteiger charge is 2.79. The van der Waals surface area contributed by atoms with Crippen molar-refractivity contribution < 1.29 is 121 Å². The predicted octanol–water partition coefficient (Wildman–Crippen LogP) is 2.48. The third-order valence-electron chi connectivity index (χ3n) is 25.3. The van der Waals surface area contributed by atoms with E-state index in [2.05, 4.69) is 110 Å². The molecule has 46 heteroatoms. The van der Waals surface area contributed by atoms with Crippen LogP contribution in [0.2, 0.25) is 0 Å². The number of ketones is 3. The molecule has 44 nitrogen and oxygen atoms in total. The number of anilines is 3. The quantitative estimate of drug-likeness (QED) is 0.00678. The number of ether oxygens (including phenoxy) is 2.